The minimum absolute atomic E-state index is 0.0118. The van der Waals surface area contributed by atoms with Crippen LogP contribution in [-0.4, -0.2) is 36.5 Å². The highest BCUT2D eigenvalue weighted by atomic mass is 32.2. The van der Waals surface area contributed by atoms with Crippen molar-refractivity contribution in [2.45, 2.75) is 38.0 Å². The average molecular weight is 269 g/mol. The quantitative estimate of drug-likeness (QED) is 0.805. The minimum Gasteiger partial charge on any atom is -0.489 e. The lowest BCUT2D eigenvalue weighted by molar-refractivity contribution is 0.219. The highest BCUT2D eigenvalue weighted by molar-refractivity contribution is 7.98. The lowest BCUT2D eigenvalue weighted by atomic mass is 10.1. The zero-order valence-electron chi connectivity index (χ0n) is 11.9. The molecule has 1 aromatic rings. The fourth-order valence-electron chi connectivity index (χ4n) is 1.82. The second kappa shape index (κ2) is 7.02. The Kier molecular flexibility index (Phi) is 5.99. The molecule has 18 heavy (non-hydrogen) atoms. The molecule has 4 heteroatoms. The van der Waals surface area contributed by atoms with Crippen molar-refractivity contribution in [1.82, 2.24) is 4.90 Å². The molecule has 1 aromatic carbocycles. The van der Waals surface area contributed by atoms with Gasteiger partial charge in [0.1, 0.15) is 5.75 Å². The smallest absolute Gasteiger partial charge is 0.139 e. The van der Waals surface area contributed by atoms with Crippen molar-refractivity contribution in [1.29, 1.82) is 0 Å². The molecule has 0 unspecified atom stereocenters. The van der Waals surface area contributed by atoms with Gasteiger partial charge in [-0.3, -0.25) is 0 Å². The van der Waals surface area contributed by atoms with Gasteiger partial charge >= 0.3 is 0 Å². The maximum absolute atomic E-state index is 9.42. The van der Waals surface area contributed by atoms with E-state index in [4.69, 9.17) is 4.74 Å². The fourth-order valence-corrected chi connectivity index (χ4v) is 2.58. The van der Waals surface area contributed by atoms with Crippen molar-refractivity contribution in [2.24, 2.45) is 0 Å². The van der Waals surface area contributed by atoms with Gasteiger partial charge in [-0.1, -0.05) is 12.1 Å². The number of ether oxygens (including phenoxy) is 1. The summed E-state index contributed by atoms with van der Waals surface area (Å²) in [5.41, 5.74) is 2.09. The zero-order chi connectivity index (χ0) is 13.7. The van der Waals surface area contributed by atoms with Gasteiger partial charge in [-0.2, -0.15) is 0 Å². The molecule has 0 fully saturated rings. The Balaban J connectivity index is 3.23. The number of aliphatic hydroxyl groups is 1. The molecule has 0 saturated heterocycles. The summed E-state index contributed by atoms with van der Waals surface area (Å²) in [4.78, 5) is 3.26. The van der Waals surface area contributed by atoms with Gasteiger partial charge in [0.2, 0.25) is 0 Å². The molecule has 0 atom stereocenters. The van der Waals surface area contributed by atoms with E-state index in [1.807, 2.05) is 40.3 Å². The Morgan fingerprint density at radius 1 is 1.28 bits per heavy atom. The van der Waals surface area contributed by atoms with Crippen LogP contribution >= 0.6 is 11.8 Å². The molecule has 0 amide bonds. The minimum atomic E-state index is 0.0118. The molecule has 3 nitrogen and oxygen atoms in total. The van der Waals surface area contributed by atoms with Gasteiger partial charge in [0.25, 0.3) is 0 Å². The molecule has 0 bridgehead atoms. The number of hydrogen-bond donors (Lipinski definition) is 1. The maximum atomic E-state index is 9.42. The van der Waals surface area contributed by atoms with E-state index >= 15 is 0 Å². The largest absolute Gasteiger partial charge is 0.489 e. The first kappa shape index (κ1) is 15.3. The first-order chi connectivity index (χ1) is 8.49. The Morgan fingerprint density at radius 2 is 1.89 bits per heavy atom. The summed E-state index contributed by atoms with van der Waals surface area (Å²) < 4.78 is 5.88. The summed E-state index contributed by atoms with van der Waals surface area (Å²) in [5, 5.41) is 9.42. The second-order valence-electron chi connectivity index (χ2n) is 4.81. The van der Waals surface area contributed by atoms with Gasteiger partial charge in [-0.05, 0) is 39.8 Å². The molecule has 0 aliphatic rings. The SMILES string of the molecule is CSc1c(CN(C)C)ccc(CO)c1OC(C)C. The Bertz CT molecular complexity index is 392. The summed E-state index contributed by atoms with van der Waals surface area (Å²) in [6.07, 6.45) is 2.15. The predicted molar refractivity (Wildman–Crippen MR) is 77.3 cm³/mol. The van der Waals surface area contributed by atoms with E-state index in [9.17, 15) is 5.11 Å². The van der Waals surface area contributed by atoms with Gasteiger partial charge < -0.3 is 14.7 Å². The van der Waals surface area contributed by atoms with E-state index in [0.717, 1.165) is 22.8 Å². The fraction of sp³-hybridized carbons (Fsp3) is 0.571. The lowest BCUT2D eigenvalue weighted by Crippen LogP contribution is -2.14. The second-order valence-corrected chi connectivity index (χ2v) is 5.63. The van der Waals surface area contributed by atoms with Crippen LogP contribution in [0.25, 0.3) is 0 Å². The normalized spacial score (nSPS) is 11.3. The van der Waals surface area contributed by atoms with Crippen LogP contribution in [0.1, 0.15) is 25.0 Å². The molecule has 1 rings (SSSR count). The zero-order valence-corrected chi connectivity index (χ0v) is 12.7. The first-order valence-corrected chi connectivity index (χ1v) is 7.33. The van der Waals surface area contributed by atoms with Gasteiger partial charge in [0, 0.05) is 12.1 Å². The highest BCUT2D eigenvalue weighted by Crippen LogP contribution is 2.36. The number of aliphatic hydroxyl groups excluding tert-OH is 1. The molecular formula is C14H23NO2S. The summed E-state index contributed by atoms with van der Waals surface area (Å²) in [6.45, 7) is 4.89. The molecule has 0 aromatic heterocycles. The van der Waals surface area contributed by atoms with E-state index in [1.165, 1.54) is 5.56 Å². The van der Waals surface area contributed by atoms with Gasteiger partial charge in [0.05, 0.1) is 17.6 Å². The third kappa shape index (κ3) is 3.90. The number of thioether (sulfide) groups is 1. The van der Waals surface area contributed by atoms with Crippen LogP contribution in [0.2, 0.25) is 0 Å². The van der Waals surface area contributed by atoms with Crippen LogP contribution in [-0.2, 0) is 13.2 Å². The highest BCUT2D eigenvalue weighted by Gasteiger charge is 2.15. The van der Waals surface area contributed by atoms with E-state index < -0.39 is 0 Å². The Hall–Kier alpha value is -0.710. The topological polar surface area (TPSA) is 32.7 Å². The number of nitrogens with zero attached hydrogens (tertiary/aromatic N) is 1. The number of hydrogen-bond acceptors (Lipinski definition) is 4. The van der Waals surface area contributed by atoms with Crippen molar-refractivity contribution in [3.05, 3.63) is 23.3 Å². The number of rotatable bonds is 6. The van der Waals surface area contributed by atoms with Gasteiger partial charge in [0.15, 0.2) is 0 Å². The van der Waals surface area contributed by atoms with Crippen molar-refractivity contribution in [2.75, 3.05) is 20.4 Å². The van der Waals surface area contributed by atoms with Crippen molar-refractivity contribution < 1.29 is 9.84 Å². The molecule has 1 N–H and O–H groups in total. The molecule has 0 saturated carbocycles. The molecule has 0 heterocycles. The first-order valence-electron chi connectivity index (χ1n) is 6.10. The predicted octanol–water partition coefficient (Wildman–Crippen LogP) is 2.75. The van der Waals surface area contributed by atoms with Crippen LogP contribution in [0.4, 0.5) is 0 Å². The summed E-state index contributed by atoms with van der Waals surface area (Å²) in [5.74, 6) is 0.833. The average Bonchev–Trinajstić information content (AvgIpc) is 2.28. The summed E-state index contributed by atoms with van der Waals surface area (Å²) >= 11 is 1.67. The summed E-state index contributed by atoms with van der Waals surface area (Å²) in [6, 6.07) is 4.03. The molecule has 0 spiro atoms. The lowest BCUT2D eigenvalue weighted by Gasteiger charge is -2.20. The summed E-state index contributed by atoms with van der Waals surface area (Å²) in [7, 11) is 4.10. The third-order valence-corrected chi connectivity index (χ3v) is 3.35. The molecule has 0 radical (unpaired) electrons. The van der Waals surface area contributed by atoms with E-state index in [-0.39, 0.29) is 12.7 Å². The third-order valence-electron chi connectivity index (χ3n) is 2.49. The molecule has 0 aliphatic carbocycles. The van der Waals surface area contributed by atoms with Crippen LogP contribution in [0.15, 0.2) is 17.0 Å². The monoisotopic (exact) mass is 269 g/mol. The van der Waals surface area contributed by atoms with Crippen LogP contribution in [0.5, 0.6) is 5.75 Å². The van der Waals surface area contributed by atoms with Gasteiger partial charge in [-0.25, -0.2) is 0 Å². The Morgan fingerprint density at radius 3 is 2.33 bits per heavy atom. The molecular weight excluding hydrogens is 246 g/mol. The van der Waals surface area contributed by atoms with E-state index in [2.05, 4.69) is 11.0 Å². The van der Waals surface area contributed by atoms with Crippen LogP contribution in [0.3, 0.4) is 0 Å². The molecule has 102 valence electrons. The van der Waals surface area contributed by atoms with Crippen molar-refractivity contribution in [3.63, 3.8) is 0 Å². The maximum Gasteiger partial charge on any atom is 0.139 e. The van der Waals surface area contributed by atoms with Crippen LogP contribution < -0.4 is 4.74 Å². The van der Waals surface area contributed by atoms with E-state index in [0.29, 0.717) is 0 Å². The number of benzene rings is 1. The standard InChI is InChI=1S/C14H23NO2S/c1-10(2)17-13-12(9-16)7-6-11(8-15(3)4)14(13)18-5/h6-7,10,16H,8-9H2,1-5H3. The molecule has 0 aliphatic heterocycles. The Labute approximate surface area is 114 Å². The van der Waals surface area contributed by atoms with Crippen molar-refractivity contribution in [3.8, 4) is 5.75 Å². The van der Waals surface area contributed by atoms with Crippen LogP contribution in [0, 0.1) is 0 Å². The van der Waals surface area contributed by atoms with Gasteiger partial charge in [-0.15, -0.1) is 11.8 Å². The van der Waals surface area contributed by atoms with Crippen molar-refractivity contribution >= 4 is 11.8 Å². The van der Waals surface area contributed by atoms with E-state index in [1.54, 1.807) is 11.8 Å².